The standard InChI is InChI=1S/C26H28N8O2/c1-16(24(35)36)30-25-32-20(18-8-5-7-17(11-18)13-27)12-21(33-25)22(34-28)15-29-14-19-9-6-10-23(31-19)26(2,3)4/h5-12,15-16H,14,28H2,1-4H3,(H,35,36)(H,30,32,33)/t16-/m1/s1. The van der Waals surface area contributed by atoms with E-state index in [1.165, 1.54) is 13.1 Å². The van der Waals surface area contributed by atoms with Gasteiger partial charge in [-0.25, -0.2) is 9.97 Å². The summed E-state index contributed by atoms with van der Waals surface area (Å²) in [5.41, 5.74) is 3.86. The zero-order chi connectivity index (χ0) is 26.3. The van der Waals surface area contributed by atoms with E-state index in [1.807, 2.05) is 18.2 Å². The Morgan fingerprint density at radius 1 is 1.19 bits per heavy atom. The molecule has 0 aliphatic carbocycles. The Morgan fingerprint density at radius 3 is 2.61 bits per heavy atom. The van der Waals surface area contributed by atoms with Gasteiger partial charge in [-0.05, 0) is 37.3 Å². The van der Waals surface area contributed by atoms with E-state index in [4.69, 9.17) is 5.84 Å². The molecule has 3 aromatic rings. The number of hydrogen-bond donors (Lipinski definition) is 3. The van der Waals surface area contributed by atoms with Crippen LogP contribution in [0.4, 0.5) is 5.95 Å². The summed E-state index contributed by atoms with van der Waals surface area (Å²) >= 11 is 0. The van der Waals surface area contributed by atoms with Crippen molar-refractivity contribution in [3.63, 3.8) is 0 Å². The first-order chi connectivity index (χ1) is 17.1. The van der Waals surface area contributed by atoms with Crippen LogP contribution in [-0.4, -0.2) is 44.0 Å². The van der Waals surface area contributed by atoms with Gasteiger partial charge in [-0.1, -0.05) is 39.0 Å². The minimum absolute atomic E-state index is 0.0776. The predicted octanol–water partition coefficient (Wildman–Crippen LogP) is 3.53. The number of carboxylic acids is 1. The summed E-state index contributed by atoms with van der Waals surface area (Å²) in [4.78, 5) is 29.3. The SMILES string of the molecule is C[C@@H](Nc1nc(C(C=NCc2cccc(C(C)(C)C)n2)=NN)cc(-c2cccc(C#N)c2)n1)C(=O)O. The number of nitrogens with two attached hydrogens (primary N) is 1. The number of hydrazone groups is 1. The van der Waals surface area contributed by atoms with Gasteiger partial charge in [0.25, 0.3) is 0 Å². The summed E-state index contributed by atoms with van der Waals surface area (Å²) < 4.78 is 0. The molecule has 0 radical (unpaired) electrons. The maximum Gasteiger partial charge on any atom is 0.325 e. The van der Waals surface area contributed by atoms with Crippen molar-refractivity contribution in [3.05, 3.63) is 71.2 Å². The Bertz CT molecular complexity index is 1350. The summed E-state index contributed by atoms with van der Waals surface area (Å²) in [5.74, 6) is 4.68. The van der Waals surface area contributed by atoms with E-state index in [0.29, 0.717) is 29.1 Å². The Balaban J connectivity index is 1.95. The number of pyridine rings is 1. The molecular formula is C26H28N8O2. The number of carboxylic acid groups (broad SMARTS) is 1. The van der Waals surface area contributed by atoms with Crippen LogP contribution in [-0.2, 0) is 16.8 Å². The lowest BCUT2D eigenvalue weighted by atomic mass is 9.91. The lowest BCUT2D eigenvalue weighted by Gasteiger charge is -2.17. The number of rotatable bonds is 8. The number of aromatic nitrogens is 3. The molecule has 36 heavy (non-hydrogen) atoms. The molecule has 0 saturated carbocycles. The average molecular weight is 485 g/mol. The quantitative estimate of drug-likeness (QED) is 0.248. The van der Waals surface area contributed by atoms with Crippen LogP contribution in [0.3, 0.4) is 0 Å². The number of carbonyl (C=O) groups is 1. The number of nitriles is 1. The van der Waals surface area contributed by atoms with E-state index in [0.717, 1.165) is 11.4 Å². The topological polar surface area (TPSA) is 163 Å². The molecule has 184 valence electrons. The predicted molar refractivity (Wildman–Crippen MR) is 139 cm³/mol. The van der Waals surface area contributed by atoms with Gasteiger partial charge in [0.05, 0.1) is 41.5 Å². The third-order valence-electron chi connectivity index (χ3n) is 5.17. The van der Waals surface area contributed by atoms with Crippen molar-refractivity contribution in [2.24, 2.45) is 15.9 Å². The van der Waals surface area contributed by atoms with Gasteiger partial charge < -0.3 is 16.3 Å². The van der Waals surface area contributed by atoms with Gasteiger partial charge in [0.2, 0.25) is 5.95 Å². The third kappa shape index (κ3) is 6.70. The van der Waals surface area contributed by atoms with E-state index >= 15 is 0 Å². The molecule has 2 aromatic heterocycles. The summed E-state index contributed by atoms with van der Waals surface area (Å²) in [5, 5.41) is 25.1. The minimum Gasteiger partial charge on any atom is -0.480 e. The molecule has 3 rings (SSSR count). The van der Waals surface area contributed by atoms with Crippen LogP contribution in [0.5, 0.6) is 0 Å². The first kappa shape index (κ1) is 26.0. The van der Waals surface area contributed by atoms with Crippen molar-refractivity contribution in [2.45, 2.75) is 45.7 Å². The van der Waals surface area contributed by atoms with Gasteiger partial charge in [-0.2, -0.15) is 10.4 Å². The number of aliphatic imine (C=N–C) groups is 1. The maximum atomic E-state index is 11.4. The number of aliphatic carboxylic acids is 1. The van der Waals surface area contributed by atoms with Gasteiger partial charge in [-0.3, -0.25) is 14.8 Å². The highest BCUT2D eigenvalue weighted by atomic mass is 16.4. The fourth-order valence-electron chi connectivity index (χ4n) is 3.17. The molecule has 0 fully saturated rings. The van der Waals surface area contributed by atoms with Gasteiger partial charge in [0.1, 0.15) is 11.8 Å². The number of nitrogens with one attached hydrogen (secondary N) is 1. The molecule has 0 saturated heterocycles. The van der Waals surface area contributed by atoms with Crippen molar-refractivity contribution in [2.75, 3.05) is 5.32 Å². The Morgan fingerprint density at radius 2 is 1.94 bits per heavy atom. The van der Waals surface area contributed by atoms with E-state index in [1.54, 1.807) is 30.3 Å². The fraction of sp³-hybridized carbons (Fsp3) is 0.269. The van der Waals surface area contributed by atoms with Crippen LogP contribution in [0.15, 0.2) is 58.6 Å². The fourth-order valence-corrected chi connectivity index (χ4v) is 3.17. The minimum atomic E-state index is -1.06. The largest absolute Gasteiger partial charge is 0.480 e. The Hall–Kier alpha value is -4.65. The zero-order valence-electron chi connectivity index (χ0n) is 20.6. The lowest BCUT2D eigenvalue weighted by molar-refractivity contribution is -0.137. The smallest absolute Gasteiger partial charge is 0.325 e. The Kier molecular flexibility index (Phi) is 8.07. The van der Waals surface area contributed by atoms with Crippen LogP contribution in [0.1, 0.15) is 50.3 Å². The van der Waals surface area contributed by atoms with Crippen LogP contribution in [0.25, 0.3) is 11.3 Å². The first-order valence-electron chi connectivity index (χ1n) is 11.2. The van der Waals surface area contributed by atoms with Gasteiger partial charge in [0, 0.05) is 16.7 Å². The van der Waals surface area contributed by atoms with E-state index in [2.05, 4.69) is 57.2 Å². The van der Waals surface area contributed by atoms with Crippen LogP contribution in [0.2, 0.25) is 0 Å². The highest BCUT2D eigenvalue weighted by molar-refractivity contribution is 6.37. The molecule has 2 heterocycles. The Labute approximate surface area is 209 Å². The molecule has 0 aliphatic rings. The normalized spacial score (nSPS) is 12.8. The average Bonchev–Trinajstić information content (AvgIpc) is 2.86. The summed E-state index contributed by atoms with van der Waals surface area (Å²) in [6.45, 7) is 8.07. The molecule has 4 N–H and O–H groups in total. The number of anilines is 1. The molecule has 10 heteroatoms. The molecule has 0 unspecified atom stereocenters. The maximum absolute atomic E-state index is 11.4. The summed E-state index contributed by atoms with van der Waals surface area (Å²) in [6.07, 6.45) is 1.49. The second-order valence-electron chi connectivity index (χ2n) is 9.11. The second kappa shape index (κ2) is 11.2. The highest BCUT2D eigenvalue weighted by Crippen LogP contribution is 2.22. The molecule has 0 bridgehead atoms. The van der Waals surface area contributed by atoms with Crippen molar-refractivity contribution < 1.29 is 9.90 Å². The summed E-state index contributed by atoms with van der Waals surface area (Å²) in [7, 11) is 0. The molecule has 0 amide bonds. The molecule has 0 spiro atoms. The highest BCUT2D eigenvalue weighted by Gasteiger charge is 2.17. The molecule has 10 nitrogen and oxygen atoms in total. The van der Waals surface area contributed by atoms with E-state index in [-0.39, 0.29) is 17.1 Å². The van der Waals surface area contributed by atoms with Crippen molar-refractivity contribution in [1.82, 2.24) is 15.0 Å². The van der Waals surface area contributed by atoms with Gasteiger partial charge in [0.15, 0.2) is 0 Å². The van der Waals surface area contributed by atoms with Gasteiger partial charge in [-0.15, -0.1) is 0 Å². The van der Waals surface area contributed by atoms with Crippen molar-refractivity contribution in [1.29, 1.82) is 5.26 Å². The monoisotopic (exact) mass is 484 g/mol. The molecule has 1 atom stereocenters. The van der Waals surface area contributed by atoms with Crippen molar-refractivity contribution >= 4 is 23.8 Å². The van der Waals surface area contributed by atoms with Crippen LogP contribution in [0, 0.1) is 11.3 Å². The first-order valence-corrected chi connectivity index (χ1v) is 11.2. The lowest BCUT2D eigenvalue weighted by Crippen LogP contribution is -2.27. The van der Waals surface area contributed by atoms with Crippen molar-refractivity contribution in [3.8, 4) is 17.3 Å². The summed E-state index contributed by atoms with van der Waals surface area (Å²) in [6, 6.07) is 15.5. The van der Waals surface area contributed by atoms with E-state index in [9.17, 15) is 15.2 Å². The number of nitrogens with zero attached hydrogens (tertiary/aromatic N) is 6. The number of hydrogen-bond acceptors (Lipinski definition) is 9. The zero-order valence-corrected chi connectivity index (χ0v) is 20.6. The van der Waals surface area contributed by atoms with Crippen LogP contribution >= 0.6 is 0 Å². The van der Waals surface area contributed by atoms with E-state index < -0.39 is 12.0 Å². The van der Waals surface area contributed by atoms with Crippen LogP contribution < -0.4 is 11.2 Å². The molecular weight excluding hydrogens is 456 g/mol. The van der Waals surface area contributed by atoms with Gasteiger partial charge >= 0.3 is 5.97 Å². The third-order valence-corrected chi connectivity index (χ3v) is 5.17. The molecule has 0 aliphatic heterocycles. The second-order valence-corrected chi connectivity index (χ2v) is 9.11. The molecule has 1 aromatic carbocycles. The number of benzene rings is 1.